The van der Waals surface area contributed by atoms with Gasteiger partial charge in [-0.1, -0.05) is 13.8 Å². The van der Waals surface area contributed by atoms with Gasteiger partial charge in [0, 0.05) is 25.0 Å². The minimum atomic E-state index is 0.0993. The molecule has 0 aliphatic carbocycles. The molecule has 0 aromatic heterocycles. The first-order valence-corrected chi connectivity index (χ1v) is 7.40. The van der Waals surface area contributed by atoms with Crippen LogP contribution >= 0.6 is 0 Å². The standard InChI is InChI=1S/C14H29N3O/c1-3-9-17-10-6-13(7-11-17)16-14(18)12(2)5-4-8-15/h12-13H,3-11,15H2,1-2H3,(H,16,18). The topological polar surface area (TPSA) is 58.4 Å². The predicted octanol–water partition coefficient (Wildman–Crippen LogP) is 1.35. The van der Waals surface area contributed by atoms with Gasteiger partial charge in [-0.25, -0.2) is 0 Å². The molecule has 0 radical (unpaired) electrons. The molecular formula is C14H29N3O. The lowest BCUT2D eigenvalue weighted by Crippen LogP contribution is -2.46. The molecule has 4 heteroatoms. The highest BCUT2D eigenvalue weighted by Gasteiger charge is 2.21. The van der Waals surface area contributed by atoms with Gasteiger partial charge in [-0.15, -0.1) is 0 Å². The van der Waals surface area contributed by atoms with Crippen LogP contribution in [0.4, 0.5) is 0 Å². The number of amides is 1. The number of hydrogen-bond acceptors (Lipinski definition) is 3. The molecular weight excluding hydrogens is 226 g/mol. The first-order chi connectivity index (χ1) is 8.67. The van der Waals surface area contributed by atoms with E-state index in [9.17, 15) is 4.79 Å². The quantitative estimate of drug-likeness (QED) is 0.722. The van der Waals surface area contributed by atoms with Gasteiger partial charge < -0.3 is 16.0 Å². The first kappa shape index (κ1) is 15.4. The van der Waals surface area contributed by atoms with Crippen LogP contribution in [0.3, 0.4) is 0 Å². The third-order valence-electron chi connectivity index (χ3n) is 3.76. The molecule has 0 spiro atoms. The van der Waals surface area contributed by atoms with Gasteiger partial charge in [-0.05, 0) is 45.2 Å². The second-order valence-corrected chi connectivity index (χ2v) is 5.46. The number of piperidine rings is 1. The second-order valence-electron chi connectivity index (χ2n) is 5.46. The number of carbonyl (C=O) groups excluding carboxylic acids is 1. The van der Waals surface area contributed by atoms with Crippen molar-refractivity contribution in [2.45, 2.75) is 52.0 Å². The molecule has 1 atom stereocenters. The van der Waals surface area contributed by atoms with Gasteiger partial charge in [0.05, 0.1) is 0 Å². The summed E-state index contributed by atoms with van der Waals surface area (Å²) in [4.78, 5) is 14.4. The van der Waals surface area contributed by atoms with E-state index in [2.05, 4.69) is 17.1 Å². The summed E-state index contributed by atoms with van der Waals surface area (Å²) in [6.07, 6.45) is 5.23. The van der Waals surface area contributed by atoms with E-state index in [0.717, 1.165) is 38.8 Å². The minimum absolute atomic E-state index is 0.0993. The maximum absolute atomic E-state index is 12.0. The summed E-state index contributed by atoms with van der Waals surface area (Å²) in [7, 11) is 0. The van der Waals surface area contributed by atoms with Crippen LogP contribution < -0.4 is 11.1 Å². The number of hydrogen-bond donors (Lipinski definition) is 2. The van der Waals surface area contributed by atoms with Crippen molar-refractivity contribution in [1.29, 1.82) is 0 Å². The van der Waals surface area contributed by atoms with Crippen molar-refractivity contribution in [1.82, 2.24) is 10.2 Å². The average Bonchev–Trinajstić information content (AvgIpc) is 2.38. The molecule has 0 aromatic carbocycles. The average molecular weight is 255 g/mol. The summed E-state index contributed by atoms with van der Waals surface area (Å²) in [6.45, 7) is 8.32. The molecule has 1 saturated heterocycles. The van der Waals surface area contributed by atoms with Crippen molar-refractivity contribution in [2.24, 2.45) is 11.7 Å². The molecule has 106 valence electrons. The third-order valence-corrected chi connectivity index (χ3v) is 3.76. The van der Waals surface area contributed by atoms with Gasteiger partial charge in [0.15, 0.2) is 0 Å². The van der Waals surface area contributed by atoms with Crippen molar-refractivity contribution < 1.29 is 4.79 Å². The van der Waals surface area contributed by atoms with Gasteiger partial charge in [-0.2, -0.15) is 0 Å². The number of nitrogens with zero attached hydrogens (tertiary/aromatic N) is 1. The maximum Gasteiger partial charge on any atom is 0.223 e. The Morgan fingerprint density at radius 1 is 1.44 bits per heavy atom. The summed E-state index contributed by atoms with van der Waals surface area (Å²) >= 11 is 0. The van der Waals surface area contributed by atoms with E-state index in [0.29, 0.717) is 12.6 Å². The van der Waals surface area contributed by atoms with E-state index in [-0.39, 0.29) is 11.8 Å². The molecule has 1 aliphatic rings. The molecule has 4 nitrogen and oxygen atoms in total. The van der Waals surface area contributed by atoms with E-state index < -0.39 is 0 Å². The van der Waals surface area contributed by atoms with Crippen molar-refractivity contribution in [3.05, 3.63) is 0 Å². The zero-order chi connectivity index (χ0) is 13.4. The van der Waals surface area contributed by atoms with E-state index in [1.54, 1.807) is 0 Å². The Morgan fingerprint density at radius 2 is 2.11 bits per heavy atom. The Bertz CT molecular complexity index is 237. The lowest BCUT2D eigenvalue weighted by atomic mass is 10.0. The van der Waals surface area contributed by atoms with Crippen molar-refractivity contribution in [3.63, 3.8) is 0 Å². The molecule has 0 saturated carbocycles. The zero-order valence-corrected chi connectivity index (χ0v) is 12.0. The Balaban J connectivity index is 2.21. The summed E-state index contributed by atoms with van der Waals surface area (Å²) in [5.41, 5.74) is 5.47. The molecule has 3 N–H and O–H groups in total. The van der Waals surface area contributed by atoms with E-state index in [1.807, 2.05) is 6.92 Å². The summed E-state index contributed by atoms with van der Waals surface area (Å²) in [5.74, 6) is 0.305. The van der Waals surface area contributed by atoms with Crippen LogP contribution in [0, 0.1) is 5.92 Å². The number of rotatable bonds is 7. The fraction of sp³-hybridized carbons (Fsp3) is 0.929. The van der Waals surface area contributed by atoms with E-state index in [1.165, 1.54) is 13.0 Å². The maximum atomic E-state index is 12.0. The van der Waals surface area contributed by atoms with Crippen molar-refractivity contribution >= 4 is 5.91 Å². The Hall–Kier alpha value is -0.610. The number of nitrogens with one attached hydrogen (secondary N) is 1. The second kappa shape index (κ2) is 8.48. The van der Waals surface area contributed by atoms with Crippen LogP contribution in [-0.4, -0.2) is 43.0 Å². The number of nitrogens with two attached hydrogens (primary N) is 1. The van der Waals surface area contributed by atoms with Gasteiger partial charge in [0.1, 0.15) is 0 Å². The van der Waals surface area contributed by atoms with Crippen LogP contribution in [0.5, 0.6) is 0 Å². The highest BCUT2D eigenvalue weighted by Crippen LogP contribution is 2.12. The monoisotopic (exact) mass is 255 g/mol. The molecule has 1 unspecified atom stereocenters. The van der Waals surface area contributed by atoms with Gasteiger partial charge >= 0.3 is 0 Å². The van der Waals surface area contributed by atoms with Crippen molar-refractivity contribution in [3.8, 4) is 0 Å². The molecule has 1 aliphatic heterocycles. The Kier molecular flexibility index (Phi) is 7.28. The smallest absolute Gasteiger partial charge is 0.223 e. The van der Waals surface area contributed by atoms with E-state index >= 15 is 0 Å². The molecule has 0 bridgehead atoms. The van der Waals surface area contributed by atoms with Crippen LogP contribution in [0.1, 0.15) is 46.0 Å². The molecule has 1 rings (SSSR count). The lowest BCUT2D eigenvalue weighted by molar-refractivity contribution is -0.125. The minimum Gasteiger partial charge on any atom is -0.353 e. The number of carbonyl (C=O) groups is 1. The summed E-state index contributed by atoms with van der Waals surface area (Å²) < 4.78 is 0. The van der Waals surface area contributed by atoms with Crippen LogP contribution in [-0.2, 0) is 4.79 Å². The fourth-order valence-corrected chi connectivity index (χ4v) is 2.52. The summed E-state index contributed by atoms with van der Waals surface area (Å²) in [6, 6.07) is 0.380. The molecule has 0 aromatic rings. The molecule has 1 fully saturated rings. The fourth-order valence-electron chi connectivity index (χ4n) is 2.52. The first-order valence-electron chi connectivity index (χ1n) is 7.40. The van der Waals surface area contributed by atoms with E-state index in [4.69, 9.17) is 5.73 Å². The Labute approximate surface area is 111 Å². The molecule has 18 heavy (non-hydrogen) atoms. The zero-order valence-electron chi connectivity index (χ0n) is 12.0. The van der Waals surface area contributed by atoms with Crippen molar-refractivity contribution in [2.75, 3.05) is 26.2 Å². The lowest BCUT2D eigenvalue weighted by Gasteiger charge is -2.32. The summed E-state index contributed by atoms with van der Waals surface area (Å²) in [5, 5.41) is 3.18. The number of likely N-dealkylation sites (tertiary alicyclic amines) is 1. The third kappa shape index (κ3) is 5.36. The SMILES string of the molecule is CCCN1CCC(NC(=O)C(C)CCCN)CC1. The largest absolute Gasteiger partial charge is 0.353 e. The van der Waals surface area contributed by atoms with Crippen LogP contribution in [0.25, 0.3) is 0 Å². The highest BCUT2D eigenvalue weighted by atomic mass is 16.1. The van der Waals surface area contributed by atoms with Gasteiger partial charge in [0.2, 0.25) is 5.91 Å². The van der Waals surface area contributed by atoms with Crippen LogP contribution in [0.15, 0.2) is 0 Å². The predicted molar refractivity (Wildman–Crippen MR) is 75.3 cm³/mol. The molecule has 1 heterocycles. The highest BCUT2D eigenvalue weighted by molar-refractivity contribution is 5.78. The van der Waals surface area contributed by atoms with Crippen LogP contribution in [0.2, 0.25) is 0 Å². The van der Waals surface area contributed by atoms with Gasteiger partial charge in [0.25, 0.3) is 0 Å². The Morgan fingerprint density at radius 3 is 2.67 bits per heavy atom. The normalized spacial score (nSPS) is 19.7. The molecule has 1 amide bonds. The van der Waals surface area contributed by atoms with Gasteiger partial charge in [-0.3, -0.25) is 4.79 Å².